The molecule has 3 N–H and O–H groups in total. The predicted octanol–water partition coefficient (Wildman–Crippen LogP) is 1.45. The van der Waals surface area contributed by atoms with Gasteiger partial charge in [-0.25, -0.2) is 0 Å². The minimum absolute atomic E-state index is 0.0434. The van der Waals surface area contributed by atoms with Crippen LogP contribution in [0.2, 0.25) is 0 Å². The molecule has 0 heterocycles. The Balaban J connectivity index is 2.64. The van der Waals surface area contributed by atoms with E-state index < -0.39 is 17.7 Å². The zero-order valence-corrected chi connectivity index (χ0v) is 9.09. The Hall–Kier alpha value is -0.330. The highest BCUT2D eigenvalue weighted by Gasteiger charge is 2.47. The third-order valence-corrected chi connectivity index (χ3v) is 3.14. The van der Waals surface area contributed by atoms with Crippen molar-refractivity contribution in [2.24, 2.45) is 11.7 Å². The van der Waals surface area contributed by atoms with Crippen molar-refractivity contribution in [3.05, 3.63) is 0 Å². The van der Waals surface area contributed by atoms with Gasteiger partial charge in [0, 0.05) is 6.54 Å². The zero-order chi connectivity index (χ0) is 12.2. The molecular weight excluding hydrogens is 223 g/mol. The van der Waals surface area contributed by atoms with Gasteiger partial charge in [0.15, 0.2) is 0 Å². The molecule has 1 rings (SSSR count). The Bertz CT molecular complexity index is 223. The van der Waals surface area contributed by atoms with E-state index in [-0.39, 0.29) is 32.6 Å². The van der Waals surface area contributed by atoms with Gasteiger partial charge in [-0.2, -0.15) is 13.2 Å². The van der Waals surface area contributed by atoms with Crippen LogP contribution in [0.3, 0.4) is 0 Å². The zero-order valence-electron chi connectivity index (χ0n) is 9.09. The largest absolute Gasteiger partial charge is 0.394 e. The van der Waals surface area contributed by atoms with Crippen molar-refractivity contribution in [1.29, 1.82) is 0 Å². The Morgan fingerprint density at radius 2 is 2.12 bits per heavy atom. The molecule has 1 aliphatic carbocycles. The second kappa shape index (κ2) is 5.33. The van der Waals surface area contributed by atoms with Crippen LogP contribution >= 0.6 is 0 Å². The molecule has 2 atom stereocenters. The van der Waals surface area contributed by atoms with Gasteiger partial charge in [-0.1, -0.05) is 0 Å². The molecule has 0 aromatic carbocycles. The number of alkyl halides is 3. The first kappa shape index (κ1) is 13.7. The molecule has 0 aliphatic heterocycles. The van der Waals surface area contributed by atoms with Crippen molar-refractivity contribution >= 4 is 0 Å². The van der Waals surface area contributed by atoms with E-state index in [9.17, 15) is 13.2 Å². The molecule has 0 aromatic heterocycles. The summed E-state index contributed by atoms with van der Waals surface area (Å²) in [6.07, 6.45) is -3.12. The molecule has 1 aliphatic rings. The third-order valence-electron chi connectivity index (χ3n) is 3.14. The average molecular weight is 241 g/mol. The van der Waals surface area contributed by atoms with E-state index >= 15 is 0 Å². The smallest absolute Gasteiger partial charge is 0.391 e. The Morgan fingerprint density at radius 3 is 2.62 bits per heavy atom. The normalized spacial score (nSPS) is 31.7. The lowest BCUT2D eigenvalue weighted by Gasteiger charge is -2.40. The van der Waals surface area contributed by atoms with Crippen LogP contribution in [-0.4, -0.2) is 36.6 Å². The average Bonchev–Trinajstić information content (AvgIpc) is 2.25. The monoisotopic (exact) mass is 241 g/mol. The van der Waals surface area contributed by atoms with Crippen LogP contribution < -0.4 is 5.73 Å². The van der Waals surface area contributed by atoms with Crippen molar-refractivity contribution < 1.29 is 23.0 Å². The Morgan fingerprint density at radius 1 is 1.44 bits per heavy atom. The molecule has 1 fully saturated rings. The third kappa shape index (κ3) is 3.33. The van der Waals surface area contributed by atoms with Gasteiger partial charge in [0.05, 0.1) is 24.7 Å². The molecule has 0 aromatic rings. The summed E-state index contributed by atoms with van der Waals surface area (Å²) in [6, 6.07) is 0. The first-order valence-electron chi connectivity index (χ1n) is 5.45. The number of rotatable bonds is 4. The van der Waals surface area contributed by atoms with Crippen LogP contribution in [0, 0.1) is 5.92 Å². The van der Waals surface area contributed by atoms with E-state index in [1.165, 1.54) is 0 Å². The minimum atomic E-state index is -4.18. The summed E-state index contributed by atoms with van der Waals surface area (Å²) in [4.78, 5) is 0. The van der Waals surface area contributed by atoms with E-state index in [0.29, 0.717) is 12.8 Å². The fourth-order valence-electron chi connectivity index (χ4n) is 2.24. The van der Waals surface area contributed by atoms with Gasteiger partial charge in [-0.3, -0.25) is 0 Å². The van der Waals surface area contributed by atoms with Crippen molar-refractivity contribution in [2.45, 2.75) is 37.5 Å². The Labute approximate surface area is 92.8 Å². The number of aliphatic hydroxyl groups is 1. The lowest BCUT2D eigenvalue weighted by atomic mass is 9.77. The van der Waals surface area contributed by atoms with Crippen LogP contribution in [0.4, 0.5) is 13.2 Å². The first-order valence-corrected chi connectivity index (χ1v) is 5.45. The first-order chi connectivity index (χ1) is 7.43. The molecule has 1 saturated carbocycles. The Kier molecular flexibility index (Phi) is 4.58. The van der Waals surface area contributed by atoms with Crippen LogP contribution in [0.15, 0.2) is 0 Å². The van der Waals surface area contributed by atoms with Crippen molar-refractivity contribution in [1.82, 2.24) is 0 Å². The lowest BCUT2D eigenvalue weighted by Crippen LogP contribution is -2.48. The van der Waals surface area contributed by atoms with Gasteiger partial charge in [-0.15, -0.1) is 0 Å². The molecule has 0 spiro atoms. The fourth-order valence-corrected chi connectivity index (χ4v) is 2.24. The van der Waals surface area contributed by atoms with Crippen molar-refractivity contribution in [3.63, 3.8) is 0 Å². The summed E-state index contributed by atoms with van der Waals surface area (Å²) in [5, 5.41) is 8.64. The highest BCUT2D eigenvalue weighted by atomic mass is 19.4. The van der Waals surface area contributed by atoms with Crippen molar-refractivity contribution in [2.75, 3.05) is 19.8 Å². The molecule has 0 radical (unpaired) electrons. The number of aliphatic hydroxyl groups excluding tert-OH is 1. The molecule has 0 saturated heterocycles. The quantitative estimate of drug-likeness (QED) is 0.783. The number of hydrogen-bond acceptors (Lipinski definition) is 3. The predicted molar refractivity (Wildman–Crippen MR) is 52.8 cm³/mol. The molecule has 0 amide bonds. The molecule has 3 nitrogen and oxygen atoms in total. The highest BCUT2D eigenvalue weighted by Crippen LogP contribution is 2.42. The summed E-state index contributed by atoms with van der Waals surface area (Å²) in [7, 11) is 0. The second-order valence-corrected chi connectivity index (χ2v) is 4.29. The van der Waals surface area contributed by atoms with Crippen LogP contribution in [0.25, 0.3) is 0 Å². The van der Waals surface area contributed by atoms with Gasteiger partial charge in [-0.05, 0) is 25.7 Å². The minimum Gasteiger partial charge on any atom is -0.394 e. The maximum absolute atomic E-state index is 12.6. The maximum atomic E-state index is 12.6. The van der Waals surface area contributed by atoms with Gasteiger partial charge < -0.3 is 15.6 Å². The number of ether oxygens (including phenoxy) is 1. The topological polar surface area (TPSA) is 55.5 Å². The van der Waals surface area contributed by atoms with E-state index in [1.54, 1.807) is 0 Å². The molecule has 6 heteroatoms. The van der Waals surface area contributed by atoms with E-state index in [2.05, 4.69) is 0 Å². The second-order valence-electron chi connectivity index (χ2n) is 4.29. The SMILES string of the molecule is NCC1(OCCO)CCCC(C(F)(F)F)C1. The maximum Gasteiger partial charge on any atom is 0.391 e. The molecule has 96 valence electrons. The molecule has 0 bridgehead atoms. The van der Waals surface area contributed by atoms with Gasteiger partial charge >= 0.3 is 6.18 Å². The summed E-state index contributed by atoms with van der Waals surface area (Å²) in [5.74, 6) is -1.33. The van der Waals surface area contributed by atoms with Gasteiger partial charge in [0.2, 0.25) is 0 Å². The molecule has 16 heavy (non-hydrogen) atoms. The lowest BCUT2D eigenvalue weighted by molar-refractivity contribution is -0.206. The summed E-state index contributed by atoms with van der Waals surface area (Å²) >= 11 is 0. The standard InChI is InChI=1S/C10H18F3NO2/c11-10(12,13)8-2-1-3-9(6-8,7-14)16-5-4-15/h8,15H,1-7,14H2. The number of hydrogen-bond donors (Lipinski definition) is 2. The van der Waals surface area contributed by atoms with E-state index in [1.807, 2.05) is 0 Å². The summed E-state index contributed by atoms with van der Waals surface area (Å²) < 4.78 is 43.1. The summed E-state index contributed by atoms with van der Waals surface area (Å²) in [5.41, 5.74) is 4.61. The van der Waals surface area contributed by atoms with Gasteiger partial charge in [0.1, 0.15) is 0 Å². The highest BCUT2D eigenvalue weighted by molar-refractivity contribution is 4.91. The fraction of sp³-hybridized carbons (Fsp3) is 1.00. The van der Waals surface area contributed by atoms with Crippen molar-refractivity contribution in [3.8, 4) is 0 Å². The molecular formula is C10H18F3NO2. The number of nitrogens with two attached hydrogens (primary N) is 1. The van der Waals surface area contributed by atoms with Gasteiger partial charge in [0.25, 0.3) is 0 Å². The molecule has 2 unspecified atom stereocenters. The van der Waals surface area contributed by atoms with Crippen LogP contribution in [-0.2, 0) is 4.74 Å². The van der Waals surface area contributed by atoms with Crippen LogP contribution in [0.5, 0.6) is 0 Å². The van der Waals surface area contributed by atoms with E-state index in [0.717, 1.165) is 0 Å². The number of halogens is 3. The van der Waals surface area contributed by atoms with Crippen LogP contribution in [0.1, 0.15) is 25.7 Å². The summed E-state index contributed by atoms with van der Waals surface area (Å²) in [6.45, 7) is -0.0835. The van der Waals surface area contributed by atoms with E-state index in [4.69, 9.17) is 15.6 Å².